The van der Waals surface area contributed by atoms with E-state index in [1.54, 1.807) is 6.07 Å². The number of hydrogen-bond acceptors (Lipinski definition) is 1. The Bertz CT molecular complexity index is 419. The predicted molar refractivity (Wildman–Crippen MR) is 64.4 cm³/mol. The minimum Gasteiger partial charge on any atom is -0.321 e. The van der Waals surface area contributed by atoms with Gasteiger partial charge in [0, 0.05) is 5.54 Å². The quantitative estimate of drug-likeness (QED) is 0.796. The largest absolute Gasteiger partial charge is 0.321 e. The van der Waals surface area contributed by atoms with Gasteiger partial charge in [-0.2, -0.15) is 0 Å². The highest BCUT2D eigenvalue weighted by Crippen LogP contribution is 2.42. The first-order valence-corrected chi connectivity index (χ1v) is 6.18. The Labute approximate surface area is 101 Å². The van der Waals surface area contributed by atoms with Crippen LogP contribution in [0.3, 0.4) is 0 Å². The van der Waals surface area contributed by atoms with Crippen LogP contribution in [-0.2, 0) is 5.54 Å². The minimum atomic E-state index is -0.811. The van der Waals surface area contributed by atoms with Gasteiger partial charge in [0.15, 0.2) is 11.6 Å². The van der Waals surface area contributed by atoms with Gasteiger partial charge in [0.05, 0.1) is 0 Å². The smallest absolute Gasteiger partial charge is 0.159 e. The molecule has 1 aliphatic rings. The predicted octanol–water partition coefficient (Wildman–Crippen LogP) is 3.57. The molecule has 1 nitrogen and oxygen atoms in total. The van der Waals surface area contributed by atoms with Crippen LogP contribution < -0.4 is 5.73 Å². The molecule has 17 heavy (non-hydrogen) atoms. The lowest BCUT2D eigenvalue weighted by atomic mass is 9.67. The molecule has 1 saturated carbocycles. The fraction of sp³-hybridized carbons (Fsp3) is 0.571. The maximum Gasteiger partial charge on any atom is 0.159 e. The van der Waals surface area contributed by atoms with Gasteiger partial charge in [0.2, 0.25) is 0 Å². The average molecular weight is 239 g/mol. The Morgan fingerprint density at radius 2 is 1.88 bits per heavy atom. The molecule has 3 heteroatoms. The second-order valence-corrected chi connectivity index (χ2v) is 5.46. The van der Waals surface area contributed by atoms with Crippen LogP contribution in [0.2, 0.25) is 0 Å². The average Bonchev–Trinajstić information content (AvgIpc) is 2.28. The van der Waals surface area contributed by atoms with Gasteiger partial charge >= 0.3 is 0 Å². The third kappa shape index (κ3) is 2.21. The van der Waals surface area contributed by atoms with Gasteiger partial charge in [0.25, 0.3) is 0 Å². The van der Waals surface area contributed by atoms with Crippen LogP contribution in [0.15, 0.2) is 18.2 Å². The zero-order valence-electron chi connectivity index (χ0n) is 10.3. The van der Waals surface area contributed by atoms with Crippen LogP contribution in [0.1, 0.15) is 38.7 Å². The standard InChI is InChI=1S/C14H19F2N/c1-9-3-4-10(2)14(17,8-9)11-5-6-12(15)13(16)7-11/h5-7,9-10H,3-4,8,17H2,1-2H3. The molecule has 94 valence electrons. The monoisotopic (exact) mass is 239 g/mol. The van der Waals surface area contributed by atoms with Crippen molar-refractivity contribution in [3.63, 3.8) is 0 Å². The molecule has 0 aliphatic heterocycles. The summed E-state index contributed by atoms with van der Waals surface area (Å²) in [5, 5.41) is 0. The maximum absolute atomic E-state index is 13.3. The van der Waals surface area contributed by atoms with Gasteiger partial charge in [-0.25, -0.2) is 8.78 Å². The Morgan fingerprint density at radius 1 is 1.18 bits per heavy atom. The highest BCUT2D eigenvalue weighted by atomic mass is 19.2. The molecule has 0 amide bonds. The van der Waals surface area contributed by atoms with Gasteiger partial charge < -0.3 is 5.73 Å². The molecule has 0 aromatic heterocycles. The topological polar surface area (TPSA) is 26.0 Å². The van der Waals surface area contributed by atoms with Gasteiger partial charge in [-0.05, 0) is 42.4 Å². The van der Waals surface area contributed by atoms with E-state index < -0.39 is 17.2 Å². The molecule has 3 unspecified atom stereocenters. The lowest BCUT2D eigenvalue weighted by molar-refractivity contribution is 0.161. The summed E-state index contributed by atoms with van der Waals surface area (Å²) < 4.78 is 26.2. The van der Waals surface area contributed by atoms with E-state index in [-0.39, 0.29) is 0 Å². The summed E-state index contributed by atoms with van der Waals surface area (Å²) in [6.45, 7) is 4.25. The van der Waals surface area contributed by atoms with Crippen molar-refractivity contribution < 1.29 is 8.78 Å². The van der Waals surface area contributed by atoms with E-state index >= 15 is 0 Å². The van der Waals surface area contributed by atoms with Crippen molar-refractivity contribution in [1.82, 2.24) is 0 Å². The summed E-state index contributed by atoms with van der Waals surface area (Å²) in [6, 6.07) is 4.04. The molecule has 2 N–H and O–H groups in total. The molecule has 1 aromatic carbocycles. The number of benzene rings is 1. The van der Waals surface area contributed by atoms with Gasteiger partial charge in [0.1, 0.15) is 0 Å². The van der Waals surface area contributed by atoms with Crippen molar-refractivity contribution in [1.29, 1.82) is 0 Å². The third-order valence-electron chi connectivity index (χ3n) is 4.12. The molecule has 3 atom stereocenters. The summed E-state index contributed by atoms with van der Waals surface area (Å²) in [7, 11) is 0. The fourth-order valence-electron chi connectivity index (χ4n) is 2.86. The Morgan fingerprint density at radius 3 is 2.53 bits per heavy atom. The molecule has 0 spiro atoms. The molecular formula is C14H19F2N. The third-order valence-corrected chi connectivity index (χ3v) is 4.12. The van der Waals surface area contributed by atoms with E-state index in [0.29, 0.717) is 11.8 Å². The number of rotatable bonds is 1. The van der Waals surface area contributed by atoms with Gasteiger partial charge in [-0.15, -0.1) is 0 Å². The van der Waals surface area contributed by atoms with Crippen molar-refractivity contribution in [2.75, 3.05) is 0 Å². The Hall–Kier alpha value is -0.960. The van der Waals surface area contributed by atoms with E-state index in [1.807, 2.05) is 0 Å². The summed E-state index contributed by atoms with van der Waals surface area (Å²) in [6.07, 6.45) is 3.03. The molecule has 1 aromatic rings. The highest BCUT2D eigenvalue weighted by molar-refractivity contribution is 5.27. The van der Waals surface area contributed by atoms with Crippen LogP contribution in [0, 0.1) is 23.5 Å². The van der Waals surface area contributed by atoms with Crippen LogP contribution in [0.25, 0.3) is 0 Å². The van der Waals surface area contributed by atoms with Crippen molar-refractivity contribution >= 4 is 0 Å². The van der Waals surface area contributed by atoms with Crippen molar-refractivity contribution in [2.45, 2.75) is 38.6 Å². The summed E-state index contributed by atoms with van der Waals surface area (Å²) in [5.74, 6) is -0.792. The summed E-state index contributed by atoms with van der Waals surface area (Å²) >= 11 is 0. The summed E-state index contributed by atoms with van der Waals surface area (Å²) in [4.78, 5) is 0. The first-order chi connectivity index (χ1) is 7.93. The van der Waals surface area contributed by atoms with E-state index in [1.165, 1.54) is 12.1 Å². The van der Waals surface area contributed by atoms with Crippen LogP contribution in [-0.4, -0.2) is 0 Å². The second-order valence-electron chi connectivity index (χ2n) is 5.46. The zero-order valence-corrected chi connectivity index (χ0v) is 10.3. The van der Waals surface area contributed by atoms with Crippen molar-refractivity contribution in [2.24, 2.45) is 17.6 Å². The summed E-state index contributed by atoms with van der Waals surface area (Å²) in [5.41, 5.74) is 6.64. The molecular weight excluding hydrogens is 220 g/mol. The van der Waals surface area contributed by atoms with E-state index in [4.69, 9.17) is 5.73 Å². The molecule has 2 rings (SSSR count). The first-order valence-electron chi connectivity index (χ1n) is 6.18. The molecule has 1 fully saturated rings. The number of halogens is 2. The van der Waals surface area contributed by atoms with E-state index in [2.05, 4.69) is 13.8 Å². The lowest BCUT2D eigenvalue weighted by Crippen LogP contribution is -2.47. The Kier molecular flexibility index (Phi) is 3.21. The number of hydrogen-bond donors (Lipinski definition) is 1. The molecule has 0 heterocycles. The second kappa shape index (κ2) is 4.37. The molecule has 0 radical (unpaired) electrons. The SMILES string of the molecule is CC1CCC(C)C(N)(c2ccc(F)c(F)c2)C1. The van der Waals surface area contributed by atoms with Gasteiger partial charge in [-0.1, -0.05) is 26.3 Å². The maximum atomic E-state index is 13.3. The Balaban J connectivity index is 2.38. The molecule has 0 saturated heterocycles. The van der Waals surface area contributed by atoms with Crippen molar-refractivity contribution in [3.05, 3.63) is 35.4 Å². The van der Waals surface area contributed by atoms with Gasteiger partial charge in [-0.3, -0.25) is 0 Å². The van der Waals surface area contributed by atoms with Crippen molar-refractivity contribution in [3.8, 4) is 0 Å². The van der Waals surface area contributed by atoms with E-state index in [9.17, 15) is 8.78 Å². The zero-order chi connectivity index (χ0) is 12.6. The van der Waals surface area contributed by atoms with Crippen LogP contribution in [0.5, 0.6) is 0 Å². The van der Waals surface area contributed by atoms with Crippen LogP contribution >= 0.6 is 0 Å². The highest BCUT2D eigenvalue weighted by Gasteiger charge is 2.38. The molecule has 1 aliphatic carbocycles. The minimum absolute atomic E-state index is 0.295. The lowest BCUT2D eigenvalue weighted by Gasteiger charge is -2.42. The molecule has 0 bridgehead atoms. The van der Waals surface area contributed by atoms with Crippen LogP contribution in [0.4, 0.5) is 8.78 Å². The fourth-order valence-corrected chi connectivity index (χ4v) is 2.86. The number of nitrogens with two attached hydrogens (primary N) is 1. The first kappa shape index (κ1) is 12.5. The van der Waals surface area contributed by atoms with E-state index in [0.717, 1.165) is 24.8 Å². The normalized spacial score (nSPS) is 33.7.